The Kier molecular flexibility index (Phi) is 3.48. The third-order valence-electron chi connectivity index (χ3n) is 3.21. The predicted octanol–water partition coefficient (Wildman–Crippen LogP) is 3.10. The standard InChI is InChI=1S/C13H15Cl2NO/c1-13(2)7-16-11(12(13)17)6-8-5-9(14)3-4-10(8)15/h3-5,11,16H,6-7H2,1-2H3. The third-order valence-corrected chi connectivity index (χ3v) is 3.81. The number of carbonyl (C=O) groups excluding carboxylic acids is 1. The van der Waals surface area contributed by atoms with Crippen LogP contribution in [0.4, 0.5) is 0 Å². The summed E-state index contributed by atoms with van der Waals surface area (Å²) in [5.41, 5.74) is 0.637. The van der Waals surface area contributed by atoms with Crippen LogP contribution >= 0.6 is 23.2 Å². The van der Waals surface area contributed by atoms with Gasteiger partial charge in [-0.25, -0.2) is 0 Å². The van der Waals surface area contributed by atoms with Crippen LogP contribution in [-0.4, -0.2) is 18.4 Å². The van der Waals surface area contributed by atoms with Gasteiger partial charge >= 0.3 is 0 Å². The van der Waals surface area contributed by atoms with Crippen LogP contribution in [0.3, 0.4) is 0 Å². The van der Waals surface area contributed by atoms with Gasteiger partial charge in [0.15, 0.2) is 5.78 Å². The molecule has 1 aromatic carbocycles. The van der Waals surface area contributed by atoms with Gasteiger partial charge in [-0.15, -0.1) is 0 Å². The van der Waals surface area contributed by atoms with E-state index in [1.165, 1.54) is 0 Å². The first-order valence-corrected chi connectivity index (χ1v) is 6.37. The van der Waals surface area contributed by atoms with Crippen LogP contribution in [0.25, 0.3) is 0 Å². The molecule has 0 bridgehead atoms. The summed E-state index contributed by atoms with van der Waals surface area (Å²) < 4.78 is 0. The van der Waals surface area contributed by atoms with E-state index in [2.05, 4.69) is 5.32 Å². The molecule has 0 aromatic heterocycles. The molecule has 17 heavy (non-hydrogen) atoms. The Morgan fingerprint density at radius 2 is 2.12 bits per heavy atom. The molecule has 0 amide bonds. The van der Waals surface area contributed by atoms with E-state index in [1.54, 1.807) is 12.1 Å². The second-order valence-corrected chi connectivity index (χ2v) is 5.97. The SMILES string of the molecule is CC1(C)CNC(Cc2cc(Cl)ccc2Cl)C1=O. The molecular formula is C13H15Cl2NO. The van der Waals surface area contributed by atoms with Gasteiger partial charge in [-0.2, -0.15) is 0 Å². The van der Waals surface area contributed by atoms with Gasteiger partial charge in [-0.3, -0.25) is 4.79 Å². The Balaban J connectivity index is 2.17. The van der Waals surface area contributed by atoms with E-state index >= 15 is 0 Å². The fourth-order valence-electron chi connectivity index (χ4n) is 2.11. The second-order valence-electron chi connectivity index (χ2n) is 5.12. The van der Waals surface area contributed by atoms with Crippen LogP contribution in [-0.2, 0) is 11.2 Å². The molecule has 1 aliphatic rings. The molecule has 0 aliphatic carbocycles. The van der Waals surface area contributed by atoms with Crippen molar-refractivity contribution in [2.24, 2.45) is 5.41 Å². The minimum Gasteiger partial charge on any atom is -0.306 e. The molecule has 1 saturated heterocycles. The second kappa shape index (κ2) is 4.60. The van der Waals surface area contributed by atoms with Gasteiger partial charge in [0.05, 0.1) is 6.04 Å². The quantitative estimate of drug-likeness (QED) is 0.896. The Morgan fingerprint density at radius 1 is 1.41 bits per heavy atom. The lowest BCUT2D eigenvalue weighted by Crippen LogP contribution is -2.31. The summed E-state index contributed by atoms with van der Waals surface area (Å²) in [5, 5.41) is 4.55. The summed E-state index contributed by atoms with van der Waals surface area (Å²) in [6, 6.07) is 5.19. The van der Waals surface area contributed by atoms with Crippen molar-refractivity contribution in [3.8, 4) is 0 Å². The first-order valence-electron chi connectivity index (χ1n) is 5.62. The highest BCUT2D eigenvalue weighted by Crippen LogP contribution is 2.28. The summed E-state index contributed by atoms with van der Waals surface area (Å²) in [5.74, 6) is 0.244. The Bertz CT molecular complexity index is 457. The Hall–Kier alpha value is -0.570. The van der Waals surface area contributed by atoms with Crippen molar-refractivity contribution < 1.29 is 4.79 Å². The van der Waals surface area contributed by atoms with E-state index in [1.807, 2.05) is 19.9 Å². The average molecular weight is 272 g/mol. The van der Waals surface area contributed by atoms with Crippen LogP contribution in [0.15, 0.2) is 18.2 Å². The first-order chi connectivity index (χ1) is 7.90. The number of hydrogen-bond acceptors (Lipinski definition) is 2. The van der Waals surface area contributed by atoms with Gasteiger partial charge < -0.3 is 5.32 Å². The van der Waals surface area contributed by atoms with Crippen molar-refractivity contribution in [3.05, 3.63) is 33.8 Å². The highest BCUT2D eigenvalue weighted by Gasteiger charge is 2.40. The fourth-order valence-corrected chi connectivity index (χ4v) is 2.50. The molecule has 1 N–H and O–H groups in total. The molecule has 1 aromatic rings. The normalized spacial score (nSPS) is 23.1. The molecule has 1 unspecified atom stereocenters. The van der Waals surface area contributed by atoms with Gasteiger partial charge in [0.1, 0.15) is 0 Å². The zero-order valence-electron chi connectivity index (χ0n) is 9.89. The predicted molar refractivity (Wildman–Crippen MR) is 70.7 cm³/mol. The molecule has 0 radical (unpaired) electrons. The Morgan fingerprint density at radius 3 is 2.71 bits per heavy atom. The van der Waals surface area contributed by atoms with Crippen molar-refractivity contribution in [3.63, 3.8) is 0 Å². The van der Waals surface area contributed by atoms with Crippen LogP contribution in [0.1, 0.15) is 19.4 Å². The van der Waals surface area contributed by atoms with Crippen molar-refractivity contribution in [2.75, 3.05) is 6.54 Å². The minimum atomic E-state index is -0.282. The maximum atomic E-state index is 12.1. The molecular weight excluding hydrogens is 257 g/mol. The molecule has 2 nitrogen and oxygen atoms in total. The van der Waals surface area contributed by atoms with Gasteiger partial charge in [0.2, 0.25) is 0 Å². The van der Waals surface area contributed by atoms with Gasteiger partial charge in [-0.1, -0.05) is 37.0 Å². The van der Waals surface area contributed by atoms with Crippen molar-refractivity contribution >= 4 is 29.0 Å². The lowest BCUT2D eigenvalue weighted by atomic mass is 9.87. The van der Waals surface area contributed by atoms with E-state index in [9.17, 15) is 4.79 Å². The van der Waals surface area contributed by atoms with E-state index in [-0.39, 0.29) is 17.2 Å². The number of ketones is 1. The van der Waals surface area contributed by atoms with E-state index in [4.69, 9.17) is 23.2 Å². The monoisotopic (exact) mass is 271 g/mol. The molecule has 1 heterocycles. The van der Waals surface area contributed by atoms with Crippen LogP contribution in [0, 0.1) is 5.41 Å². The molecule has 1 atom stereocenters. The van der Waals surface area contributed by atoms with Gasteiger partial charge in [-0.05, 0) is 30.2 Å². The molecule has 0 spiro atoms. The molecule has 1 aliphatic heterocycles. The third kappa shape index (κ3) is 2.65. The topological polar surface area (TPSA) is 29.1 Å². The van der Waals surface area contributed by atoms with Gasteiger partial charge in [0.25, 0.3) is 0 Å². The number of hydrogen-bond donors (Lipinski definition) is 1. The summed E-state index contributed by atoms with van der Waals surface area (Å²) in [4.78, 5) is 12.1. The molecule has 1 fully saturated rings. The number of Topliss-reactive ketones (excluding diaryl/α,β-unsaturated/α-hetero) is 1. The first kappa shape index (κ1) is 12.9. The smallest absolute Gasteiger partial charge is 0.156 e. The average Bonchev–Trinajstić information content (AvgIpc) is 2.51. The number of nitrogens with one attached hydrogen (secondary N) is 1. The van der Waals surface area contributed by atoms with E-state index in [0.717, 1.165) is 5.56 Å². The summed E-state index contributed by atoms with van der Waals surface area (Å²) in [7, 11) is 0. The Labute approximate surface area is 111 Å². The zero-order chi connectivity index (χ0) is 12.6. The number of halogens is 2. The maximum absolute atomic E-state index is 12.1. The van der Waals surface area contributed by atoms with Crippen LogP contribution < -0.4 is 5.32 Å². The van der Waals surface area contributed by atoms with Crippen molar-refractivity contribution in [2.45, 2.75) is 26.3 Å². The summed E-state index contributed by atoms with van der Waals surface area (Å²) >= 11 is 12.0. The number of benzene rings is 1. The van der Waals surface area contributed by atoms with Crippen molar-refractivity contribution in [1.82, 2.24) is 5.32 Å². The minimum absolute atomic E-state index is 0.152. The molecule has 2 rings (SSSR count). The van der Waals surface area contributed by atoms with Gasteiger partial charge in [0, 0.05) is 22.0 Å². The number of carbonyl (C=O) groups is 1. The lowest BCUT2D eigenvalue weighted by molar-refractivity contribution is -0.125. The van der Waals surface area contributed by atoms with Crippen LogP contribution in [0.5, 0.6) is 0 Å². The van der Waals surface area contributed by atoms with Crippen molar-refractivity contribution in [1.29, 1.82) is 0 Å². The zero-order valence-corrected chi connectivity index (χ0v) is 11.4. The van der Waals surface area contributed by atoms with Crippen LogP contribution in [0.2, 0.25) is 10.0 Å². The van der Waals surface area contributed by atoms with E-state index in [0.29, 0.717) is 23.0 Å². The molecule has 4 heteroatoms. The summed E-state index contributed by atoms with van der Waals surface area (Å²) in [6.45, 7) is 4.64. The summed E-state index contributed by atoms with van der Waals surface area (Å²) in [6.07, 6.45) is 0.599. The number of rotatable bonds is 2. The molecule has 92 valence electrons. The highest BCUT2D eigenvalue weighted by atomic mass is 35.5. The largest absolute Gasteiger partial charge is 0.306 e. The lowest BCUT2D eigenvalue weighted by Gasteiger charge is -2.14. The highest BCUT2D eigenvalue weighted by molar-refractivity contribution is 6.33. The fraction of sp³-hybridized carbons (Fsp3) is 0.462. The maximum Gasteiger partial charge on any atom is 0.156 e. The van der Waals surface area contributed by atoms with E-state index < -0.39 is 0 Å². The molecule has 0 saturated carbocycles.